The van der Waals surface area contributed by atoms with Crippen LogP contribution in [0.2, 0.25) is 0 Å². The van der Waals surface area contributed by atoms with Crippen molar-refractivity contribution in [2.75, 3.05) is 71.9 Å². The van der Waals surface area contributed by atoms with E-state index in [-0.39, 0.29) is 6.03 Å². The number of hydrogen-bond donors (Lipinski definition) is 1. The Hall–Kier alpha value is -1.79. The number of unbranched alkanes of at least 4 members (excludes halogenated alkanes) is 1. The van der Waals surface area contributed by atoms with Crippen molar-refractivity contribution in [1.82, 2.24) is 20.0 Å². The summed E-state index contributed by atoms with van der Waals surface area (Å²) in [6.45, 7) is 10.6. The molecule has 6 nitrogen and oxygen atoms in total. The van der Waals surface area contributed by atoms with Gasteiger partial charge in [-0.15, -0.1) is 0 Å². The summed E-state index contributed by atoms with van der Waals surface area (Å²) in [6.07, 6.45) is 2.17. The van der Waals surface area contributed by atoms with Crippen molar-refractivity contribution in [2.24, 2.45) is 0 Å². The molecule has 0 bridgehead atoms. The maximum absolute atomic E-state index is 12.2. The molecule has 1 heterocycles. The lowest BCUT2D eigenvalue weighted by atomic mass is 10.2. The predicted octanol–water partition coefficient (Wildman–Crippen LogP) is 2.31. The quantitative estimate of drug-likeness (QED) is 0.673. The Morgan fingerprint density at radius 3 is 2.22 bits per heavy atom. The second-order valence-electron chi connectivity index (χ2n) is 7.63. The molecule has 0 radical (unpaired) electrons. The van der Waals surface area contributed by atoms with E-state index in [9.17, 15) is 4.79 Å². The highest BCUT2D eigenvalue weighted by atomic mass is 16.2. The lowest BCUT2D eigenvalue weighted by molar-refractivity contribution is 0.135. The number of amides is 2. The molecular formula is C21H37N5O. The number of nitrogens with zero attached hydrogens (tertiary/aromatic N) is 4. The van der Waals surface area contributed by atoms with Crippen LogP contribution in [0, 0.1) is 0 Å². The van der Waals surface area contributed by atoms with Gasteiger partial charge in [0, 0.05) is 66.1 Å². The predicted molar refractivity (Wildman–Crippen MR) is 113 cm³/mol. The van der Waals surface area contributed by atoms with Crippen molar-refractivity contribution in [3.63, 3.8) is 0 Å². The van der Waals surface area contributed by atoms with Crippen LogP contribution in [-0.4, -0.2) is 87.7 Å². The first-order valence-electron chi connectivity index (χ1n) is 10.2. The molecule has 1 aliphatic heterocycles. The molecule has 0 aliphatic carbocycles. The van der Waals surface area contributed by atoms with Crippen LogP contribution in [0.4, 0.5) is 10.5 Å². The van der Waals surface area contributed by atoms with Crippen molar-refractivity contribution in [3.8, 4) is 0 Å². The van der Waals surface area contributed by atoms with E-state index < -0.39 is 0 Å². The number of likely N-dealkylation sites (N-methyl/N-ethyl adjacent to an activating group) is 1. The summed E-state index contributed by atoms with van der Waals surface area (Å²) < 4.78 is 0. The Morgan fingerprint density at radius 1 is 1.00 bits per heavy atom. The largest absolute Gasteiger partial charge is 0.378 e. The molecule has 152 valence electrons. The normalized spacial score (nSPS) is 15.6. The van der Waals surface area contributed by atoms with Gasteiger partial charge in [0.05, 0.1) is 0 Å². The smallest absolute Gasteiger partial charge is 0.317 e. The highest BCUT2D eigenvalue weighted by molar-refractivity contribution is 5.73. The van der Waals surface area contributed by atoms with Crippen LogP contribution < -0.4 is 10.2 Å². The highest BCUT2D eigenvalue weighted by Crippen LogP contribution is 2.13. The molecule has 0 aromatic heterocycles. The first kappa shape index (κ1) is 21.5. The molecule has 0 atom stereocenters. The van der Waals surface area contributed by atoms with Gasteiger partial charge in [-0.25, -0.2) is 4.79 Å². The third kappa shape index (κ3) is 7.39. The molecule has 1 aromatic carbocycles. The number of carbonyl (C=O) groups excluding carboxylic acids is 1. The highest BCUT2D eigenvalue weighted by Gasteiger charge is 2.14. The lowest BCUT2D eigenvalue weighted by Gasteiger charge is -2.34. The topological polar surface area (TPSA) is 42.1 Å². The second kappa shape index (κ2) is 11.1. The molecule has 2 rings (SSSR count). The van der Waals surface area contributed by atoms with Crippen LogP contribution >= 0.6 is 0 Å². The Labute approximate surface area is 165 Å². The fourth-order valence-electron chi connectivity index (χ4n) is 3.36. The van der Waals surface area contributed by atoms with E-state index in [1.165, 1.54) is 31.9 Å². The third-order valence-electron chi connectivity index (χ3n) is 5.31. The van der Waals surface area contributed by atoms with Gasteiger partial charge in [-0.3, -0.25) is 0 Å². The van der Waals surface area contributed by atoms with Gasteiger partial charge in [-0.1, -0.05) is 19.1 Å². The van der Waals surface area contributed by atoms with E-state index in [4.69, 9.17) is 0 Å². The van der Waals surface area contributed by atoms with Crippen molar-refractivity contribution < 1.29 is 4.79 Å². The molecule has 2 amide bonds. The monoisotopic (exact) mass is 375 g/mol. The van der Waals surface area contributed by atoms with E-state index in [1.807, 2.05) is 21.1 Å². The molecule has 1 aromatic rings. The Morgan fingerprint density at radius 2 is 1.63 bits per heavy atom. The fraction of sp³-hybridized carbons (Fsp3) is 0.667. The van der Waals surface area contributed by atoms with Crippen molar-refractivity contribution in [3.05, 3.63) is 29.8 Å². The number of anilines is 1. The summed E-state index contributed by atoms with van der Waals surface area (Å²) in [4.78, 5) is 21.1. The molecule has 1 saturated heterocycles. The summed E-state index contributed by atoms with van der Waals surface area (Å²) in [6, 6.07) is 8.33. The Bertz CT molecular complexity index is 552. The lowest BCUT2D eigenvalue weighted by Crippen LogP contribution is -2.46. The zero-order chi connectivity index (χ0) is 19.6. The van der Waals surface area contributed by atoms with Crippen LogP contribution in [0.1, 0.15) is 25.3 Å². The number of rotatable bonds is 9. The van der Waals surface area contributed by atoms with E-state index in [0.717, 1.165) is 38.0 Å². The summed E-state index contributed by atoms with van der Waals surface area (Å²) in [5.41, 5.74) is 2.31. The first-order chi connectivity index (χ1) is 13.0. The van der Waals surface area contributed by atoms with Gasteiger partial charge < -0.3 is 24.9 Å². The molecule has 1 fully saturated rings. The van der Waals surface area contributed by atoms with Crippen LogP contribution in [0.5, 0.6) is 0 Å². The number of urea groups is 1. The van der Waals surface area contributed by atoms with E-state index in [2.05, 4.69) is 51.2 Å². The van der Waals surface area contributed by atoms with E-state index in [1.54, 1.807) is 4.90 Å². The first-order valence-corrected chi connectivity index (χ1v) is 10.2. The van der Waals surface area contributed by atoms with Gasteiger partial charge in [0.2, 0.25) is 0 Å². The SMILES string of the molecule is CCN1CCN(CCCCNC(=O)N(C)Cc2ccc(N(C)C)cc2)CC1. The molecule has 0 saturated carbocycles. The zero-order valence-electron chi connectivity index (χ0n) is 17.6. The molecule has 1 aliphatic rings. The average Bonchev–Trinajstić information content (AvgIpc) is 2.68. The van der Waals surface area contributed by atoms with Gasteiger partial charge in [0.1, 0.15) is 0 Å². The average molecular weight is 376 g/mol. The van der Waals surface area contributed by atoms with Crippen LogP contribution in [0.3, 0.4) is 0 Å². The Kier molecular flexibility index (Phi) is 8.88. The molecule has 0 spiro atoms. The van der Waals surface area contributed by atoms with E-state index in [0.29, 0.717) is 6.54 Å². The van der Waals surface area contributed by atoms with Gasteiger partial charge in [-0.05, 0) is 43.6 Å². The minimum Gasteiger partial charge on any atom is -0.378 e. The summed E-state index contributed by atoms with van der Waals surface area (Å²) in [5, 5.41) is 3.04. The summed E-state index contributed by atoms with van der Waals surface area (Å²) >= 11 is 0. The maximum Gasteiger partial charge on any atom is 0.317 e. The summed E-state index contributed by atoms with van der Waals surface area (Å²) in [5.74, 6) is 0. The number of carbonyl (C=O) groups is 1. The number of piperazine rings is 1. The molecule has 27 heavy (non-hydrogen) atoms. The Balaban J connectivity index is 1.58. The van der Waals surface area contributed by atoms with Crippen LogP contribution in [0.15, 0.2) is 24.3 Å². The van der Waals surface area contributed by atoms with E-state index >= 15 is 0 Å². The molecular weight excluding hydrogens is 338 g/mol. The number of hydrogen-bond acceptors (Lipinski definition) is 4. The van der Waals surface area contributed by atoms with Crippen LogP contribution in [0.25, 0.3) is 0 Å². The van der Waals surface area contributed by atoms with Gasteiger partial charge >= 0.3 is 6.03 Å². The summed E-state index contributed by atoms with van der Waals surface area (Å²) in [7, 11) is 5.90. The second-order valence-corrected chi connectivity index (χ2v) is 7.63. The fourth-order valence-corrected chi connectivity index (χ4v) is 3.36. The molecule has 0 unspecified atom stereocenters. The maximum atomic E-state index is 12.2. The van der Waals surface area contributed by atoms with Gasteiger partial charge in [0.15, 0.2) is 0 Å². The van der Waals surface area contributed by atoms with Crippen molar-refractivity contribution in [2.45, 2.75) is 26.3 Å². The minimum atomic E-state index is 0.00301. The molecule has 1 N–H and O–H groups in total. The minimum absolute atomic E-state index is 0.00301. The van der Waals surface area contributed by atoms with Gasteiger partial charge in [0.25, 0.3) is 0 Å². The third-order valence-corrected chi connectivity index (χ3v) is 5.31. The zero-order valence-corrected chi connectivity index (χ0v) is 17.6. The van der Waals surface area contributed by atoms with Crippen molar-refractivity contribution in [1.29, 1.82) is 0 Å². The molecule has 6 heteroatoms. The number of nitrogens with one attached hydrogen (secondary N) is 1. The van der Waals surface area contributed by atoms with Crippen molar-refractivity contribution >= 4 is 11.7 Å². The van der Waals surface area contributed by atoms with Gasteiger partial charge in [-0.2, -0.15) is 0 Å². The standard InChI is InChI=1S/C21H37N5O/c1-5-25-14-16-26(17-15-25)13-7-6-12-22-21(27)24(4)18-19-8-10-20(11-9-19)23(2)3/h8-11H,5-7,12-18H2,1-4H3,(H,22,27). The van der Waals surface area contributed by atoms with Crippen LogP contribution in [-0.2, 0) is 6.54 Å². The number of benzene rings is 1.